The van der Waals surface area contributed by atoms with Crippen molar-refractivity contribution in [1.82, 2.24) is 9.88 Å². The van der Waals surface area contributed by atoms with Gasteiger partial charge >= 0.3 is 5.69 Å². The van der Waals surface area contributed by atoms with Crippen LogP contribution in [-0.2, 0) is 0 Å². The molecule has 0 aliphatic rings. The van der Waals surface area contributed by atoms with Gasteiger partial charge in [-0.15, -0.1) is 0 Å². The Hall–Kier alpha value is -2.18. The number of rotatable bonds is 6. The Morgan fingerprint density at radius 1 is 1.30 bits per heavy atom. The molecular weight excluding hydrogens is 316 g/mol. The van der Waals surface area contributed by atoms with Crippen LogP contribution in [0.2, 0.25) is 5.02 Å². The predicted molar refractivity (Wildman–Crippen MR) is 92.0 cm³/mol. The van der Waals surface area contributed by atoms with Gasteiger partial charge < -0.3 is 10.2 Å². The van der Waals surface area contributed by atoms with Crippen LogP contribution in [0.4, 0.5) is 11.5 Å². The van der Waals surface area contributed by atoms with Crippen LogP contribution in [0.3, 0.4) is 0 Å². The zero-order chi connectivity index (χ0) is 17.0. The topological polar surface area (TPSA) is 71.3 Å². The van der Waals surface area contributed by atoms with Crippen molar-refractivity contribution in [2.24, 2.45) is 0 Å². The number of hydrogen-bond donors (Lipinski definition) is 1. The van der Waals surface area contributed by atoms with Crippen LogP contribution in [0.1, 0.15) is 17.2 Å². The molecule has 0 radical (unpaired) electrons. The molecule has 6 nitrogen and oxygen atoms in total. The van der Waals surface area contributed by atoms with Gasteiger partial charge in [-0.3, -0.25) is 10.1 Å². The van der Waals surface area contributed by atoms with Crippen molar-refractivity contribution >= 4 is 23.1 Å². The highest BCUT2D eigenvalue weighted by Crippen LogP contribution is 2.27. The molecule has 2 aromatic rings. The van der Waals surface area contributed by atoms with Crippen molar-refractivity contribution in [2.75, 3.05) is 26.0 Å². The van der Waals surface area contributed by atoms with Crippen LogP contribution >= 0.6 is 11.6 Å². The quantitative estimate of drug-likeness (QED) is 0.644. The zero-order valence-electron chi connectivity index (χ0n) is 13.3. The number of aromatic nitrogens is 1. The van der Waals surface area contributed by atoms with E-state index >= 15 is 0 Å². The van der Waals surface area contributed by atoms with E-state index in [2.05, 4.69) is 10.3 Å². The Morgan fingerprint density at radius 2 is 1.96 bits per heavy atom. The van der Waals surface area contributed by atoms with Crippen molar-refractivity contribution in [3.8, 4) is 0 Å². The van der Waals surface area contributed by atoms with E-state index in [-0.39, 0.29) is 17.5 Å². The lowest BCUT2D eigenvalue weighted by molar-refractivity contribution is -0.384. The van der Waals surface area contributed by atoms with Gasteiger partial charge in [-0.05, 0) is 44.8 Å². The highest BCUT2D eigenvalue weighted by molar-refractivity contribution is 6.30. The third-order valence-corrected chi connectivity index (χ3v) is 3.90. The molecular formula is C16H19ClN4O2. The van der Waals surface area contributed by atoms with Crippen molar-refractivity contribution < 1.29 is 4.92 Å². The molecule has 1 heterocycles. The Balaban J connectivity index is 2.22. The number of hydrogen-bond acceptors (Lipinski definition) is 5. The van der Waals surface area contributed by atoms with Gasteiger partial charge in [0.1, 0.15) is 0 Å². The number of likely N-dealkylation sites (N-methyl/N-ethyl adjacent to an activating group) is 1. The lowest BCUT2D eigenvalue weighted by atomic mass is 10.1. The average Bonchev–Trinajstić information content (AvgIpc) is 2.48. The van der Waals surface area contributed by atoms with Gasteiger partial charge in [0.2, 0.25) is 5.82 Å². The Morgan fingerprint density at radius 3 is 2.52 bits per heavy atom. The van der Waals surface area contributed by atoms with Crippen LogP contribution in [0, 0.1) is 17.0 Å². The standard InChI is InChI=1S/C16H19ClN4O2/c1-11-8-9-18-16(15(11)21(22)23)19-10-14(20(2)3)12-4-6-13(17)7-5-12/h4-9,14H,10H2,1-3H3,(H,18,19). The molecule has 1 unspecified atom stereocenters. The second-order valence-electron chi connectivity index (χ2n) is 5.49. The number of halogens is 1. The van der Waals surface area contributed by atoms with Crippen LogP contribution in [-0.4, -0.2) is 35.4 Å². The summed E-state index contributed by atoms with van der Waals surface area (Å²) in [5.74, 6) is 0.288. The van der Waals surface area contributed by atoms with E-state index in [9.17, 15) is 10.1 Å². The van der Waals surface area contributed by atoms with Crippen molar-refractivity contribution in [2.45, 2.75) is 13.0 Å². The third-order valence-electron chi connectivity index (χ3n) is 3.65. The summed E-state index contributed by atoms with van der Waals surface area (Å²) in [6.45, 7) is 2.19. The number of benzene rings is 1. The summed E-state index contributed by atoms with van der Waals surface area (Å²) in [5, 5.41) is 15.0. The molecule has 122 valence electrons. The molecule has 0 spiro atoms. The smallest absolute Gasteiger partial charge is 0.314 e. The number of nitro groups is 1. The first-order valence-corrected chi connectivity index (χ1v) is 7.53. The summed E-state index contributed by atoms with van der Waals surface area (Å²) >= 11 is 5.93. The molecule has 2 rings (SSSR count). The largest absolute Gasteiger partial charge is 0.362 e. The van der Waals surface area contributed by atoms with Gasteiger partial charge in [0, 0.05) is 23.3 Å². The second kappa shape index (κ2) is 7.39. The fraction of sp³-hybridized carbons (Fsp3) is 0.312. The predicted octanol–water partition coefficient (Wildman–Crippen LogP) is 3.67. The summed E-state index contributed by atoms with van der Waals surface area (Å²) in [7, 11) is 3.91. The maximum Gasteiger partial charge on any atom is 0.314 e. The van der Waals surface area contributed by atoms with Crippen molar-refractivity contribution in [1.29, 1.82) is 0 Å². The average molecular weight is 335 g/mol. The normalized spacial score (nSPS) is 12.2. The lowest BCUT2D eigenvalue weighted by Crippen LogP contribution is -2.27. The second-order valence-corrected chi connectivity index (χ2v) is 5.93. The van der Waals surface area contributed by atoms with E-state index in [0.717, 1.165) is 5.56 Å². The fourth-order valence-corrected chi connectivity index (χ4v) is 2.51. The van der Waals surface area contributed by atoms with E-state index in [1.165, 1.54) is 0 Å². The molecule has 0 aliphatic carbocycles. The van der Waals surface area contributed by atoms with Gasteiger partial charge in [-0.2, -0.15) is 0 Å². The summed E-state index contributed by atoms with van der Waals surface area (Å²) < 4.78 is 0. The van der Waals surface area contributed by atoms with Crippen LogP contribution < -0.4 is 5.32 Å². The van der Waals surface area contributed by atoms with Crippen LogP contribution in [0.15, 0.2) is 36.5 Å². The minimum Gasteiger partial charge on any atom is -0.362 e. The van der Waals surface area contributed by atoms with Crippen LogP contribution in [0.25, 0.3) is 0 Å². The molecule has 0 bridgehead atoms. The SMILES string of the molecule is Cc1ccnc(NCC(c2ccc(Cl)cc2)N(C)C)c1[N+](=O)[O-]. The number of aryl methyl sites for hydroxylation is 1. The summed E-state index contributed by atoms with van der Waals surface area (Å²) in [6, 6.07) is 9.24. The summed E-state index contributed by atoms with van der Waals surface area (Å²) in [5.41, 5.74) is 1.67. The molecule has 0 fully saturated rings. The Kier molecular flexibility index (Phi) is 5.52. The van der Waals surface area contributed by atoms with Gasteiger partial charge in [-0.1, -0.05) is 23.7 Å². The molecule has 1 aromatic carbocycles. The van der Waals surface area contributed by atoms with E-state index in [1.54, 1.807) is 19.2 Å². The first-order chi connectivity index (χ1) is 10.9. The van der Waals surface area contributed by atoms with Gasteiger partial charge in [0.15, 0.2) is 0 Å². The molecule has 0 saturated carbocycles. The van der Waals surface area contributed by atoms with Crippen molar-refractivity contribution in [3.05, 3.63) is 62.8 Å². The van der Waals surface area contributed by atoms with Gasteiger partial charge in [-0.25, -0.2) is 4.98 Å². The minimum absolute atomic E-state index is 0.0149. The van der Waals surface area contributed by atoms with E-state index in [4.69, 9.17) is 11.6 Å². The lowest BCUT2D eigenvalue weighted by Gasteiger charge is -2.25. The Labute approximate surface area is 140 Å². The van der Waals surface area contributed by atoms with E-state index in [0.29, 0.717) is 17.1 Å². The maximum atomic E-state index is 11.2. The summed E-state index contributed by atoms with van der Waals surface area (Å²) in [6.07, 6.45) is 1.57. The fourth-order valence-electron chi connectivity index (χ4n) is 2.39. The highest BCUT2D eigenvalue weighted by Gasteiger charge is 2.20. The Bertz CT molecular complexity index is 689. The van der Waals surface area contributed by atoms with Gasteiger partial charge in [0.25, 0.3) is 0 Å². The number of nitrogens with zero attached hydrogens (tertiary/aromatic N) is 3. The molecule has 1 aromatic heterocycles. The number of pyridine rings is 1. The van der Waals surface area contributed by atoms with E-state index in [1.807, 2.05) is 43.3 Å². The first kappa shape index (κ1) is 17.2. The van der Waals surface area contributed by atoms with E-state index < -0.39 is 4.92 Å². The first-order valence-electron chi connectivity index (χ1n) is 7.16. The molecule has 1 N–H and O–H groups in total. The maximum absolute atomic E-state index is 11.2. The molecule has 0 saturated heterocycles. The zero-order valence-corrected chi connectivity index (χ0v) is 14.0. The minimum atomic E-state index is -0.405. The molecule has 7 heteroatoms. The molecule has 0 aliphatic heterocycles. The molecule has 23 heavy (non-hydrogen) atoms. The number of nitrogens with one attached hydrogen (secondary N) is 1. The highest BCUT2D eigenvalue weighted by atomic mass is 35.5. The van der Waals surface area contributed by atoms with Gasteiger partial charge in [0.05, 0.1) is 11.0 Å². The number of anilines is 1. The van der Waals surface area contributed by atoms with Crippen LogP contribution in [0.5, 0.6) is 0 Å². The molecule has 1 atom stereocenters. The summed E-state index contributed by atoms with van der Waals surface area (Å²) in [4.78, 5) is 17.0. The third kappa shape index (κ3) is 4.18. The van der Waals surface area contributed by atoms with Crippen molar-refractivity contribution in [3.63, 3.8) is 0 Å². The monoisotopic (exact) mass is 334 g/mol. The molecule has 0 amide bonds.